The Labute approximate surface area is 126 Å². The zero-order valence-electron chi connectivity index (χ0n) is 9.65. The molecule has 0 aliphatic rings. The Balaban J connectivity index is 2.01. The van der Waals surface area contributed by atoms with Gasteiger partial charge in [-0.15, -0.1) is 12.6 Å². The van der Waals surface area contributed by atoms with Crippen LogP contribution in [0.2, 0.25) is 10.0 Å². The van der Waals surface area contributed by atoms with E-state index in [9.17, 15) is 4.79 Å². The Morgan fingerprint density at radius 1 is 0.895 bits per heavy atom. The number of carbonyl (C=O) groups is 1. The summed E-state index contributed by atoms with van der Waals surface area (Å²) >= 11 is 15.8. The minimum absolute atomic E-state index is 0.356. The molecule has 2 aromatic rings. The van der Waals surface area contributed by atoms with Crippen LogP contribution in [0.15, 0.2) is 47.4 Å². The van der Waals surface area contributed by atoms with Crippen LogP contribution in [0.4, 0.5) is 16.2 Å². The van der Waals surface area contributed by atoms with Crippen LogP contribution in [-0.2, 0) is 0 Å². The summed E-state index contributed by atoms with van der Waals surface area (Å²) < 4.78 is 0. The quantitative estimate of drug-likeness (QED) is 0.676. The first-order valence-electron chi connectivity index (χ1n) is 5.37. The molecule has 0 aliphatic heterocycles. The van der Waals surface area contributed by atoms with E-state index in [1.807, 2.05) is 0 Å². The van der Waals surface area contributed by atoms with Crippen molar-refractivity contribution in [1.29, 1.82) is 0 Å². The number of halogens is 2. The standard InChI is InChI=1S/C13H10Cl2N2OS/c14-11-6-3-9(7-12(11)15)17-13(18)16-8-1-4-10(19)5-2-8/h1-7,19H,(H2,16,17,18). The van der Waals surface area contributed by atoms with Crippen molar-refractivity contribution in [2.45, 2.75) is 4.90 Å². The van der Waals surface area contributed by atoms with Gasteiger partial charge in [0.25, 0.3) is 0 Å². The number of benzene rings is 2. The third-order valence-corrected chi connectivity index (χ3v) is 3.34. The molecule has 2 N–H and O–H groups in total. The maximum atomic E-state index is 11.7. The van der Waals surface area contributed by atoms with Gasteiger partial charge in [0.05, 0.1) is 10.0 Å². The third-order valence-electron chi connectivity index (χ3n) is 2.30. The van der Waals surface area contributed by atoms with Crippen molar-refractivity contribution < 1.29 is 4.79 Å². The minimum atomic E-state index is -0.356. The number of urea groups is 1. The van der Waals surface area contributed by atoms with Gasteiger partial charge in [-0.3, -0.25) is 0 Å². The predicted molar refractivity (Wildman–Crippen MR) is 82.8 cm³/mol. The van der Waals surface area contributed by atoms with Gasteiger partial charge < -0.3 is 10.6 Å². The van der Waals surface area contributed by atoms with Gasteiger partial charge in [-0.2, -0.15) is 0 Å². The summed E-state index contributed by atoms with van der Waals surface area (Å²) in [6.45, 7) is 0. The summed E-state index contributed by atoms with van der Waals surface area (Å²) in [5.74, 6) is 0. The molecule has 0 saturated carbocycles. The summed E-state index contributed by atoms with van der Waals surface area (Å²) in [4.78, 5) is 12.6. The first-order valence-corrected chi connectivity index (χ1v) is 6.57. The van der Waals surface area contributed by atoms with Crippen molar-refractivity contribution in [3.8, 4) is 0 Å². The van der Waals surface area contributed by atoms with Crippen molar-refractivity contribution in [3.63, 3.8) is 0 Å². The lowest BCUT2D eigenvalue weighted by Gasteiger charge is -2.08. The van der Waals surface area contributed by atoms with Gasteiger partial charge in [0, 0.05) is 16.3 Å². The number of thiol groups is 1. The number of carbonyl (C=O) groups excluding carboxylic acids is 1. The number of hydrogen-bond acceptors (Lipinski definition) is 2. The normalized spacial score (nSPS) is 10.1. The van der Waals surface area contributed by atoms with Gasteiger partial charge in [0.15, 0.2) is 0 Å². The fourth-order valence-corrected chi connectivity index (χ4v) is 1.86. The van der Waals surface area contributed by atoms with Gasteiger partial charge in [0.2, 0.25) is 0 Å². The van der Waals surface area contributed by atoms with E-state index in [0.29, 0.717) is 21.4 Å². The fourth-order valence-electron chi connectivity index (χ4n) is 1.41. The van der Waals surface area contributed by atoms with Gasteiger partial charge >= 0.3 is 6.03 Å². The largest absolute Gasteiger partial charge is 0.323 e. The van der Waals surface area contributed by atoms with Crippen molar-refractivity contribution >= 4 is 53.2 Å². The fraction of sp³-hybridized carbons (Fsp3) is 0. The Hall–Kier alpha value is -1.36. The van der Waals surface area contributed by atoms with Crippen LogP contribution >= 0.6 is 35.8 Å². The second-order valence-corrected chi connectivity index (χ2v) is 5.09. The minimum Gasteiger partial charge on any atom is -0.308 e. The molecule has 0 fully saturated rings. The zero-order valence-corrected chi connectivity index (χ0v) is 12.1. The molecule has 2 amide bonds. The maximum absolute atomic E-state index is 11.7. The highest BCUT2D eigenvalue weighted by molar-refractivity contribution is 7.80. The SMILES string of the molecule is O=C(Nc1ccc(S)cc1)Nc1ccc(Cl)c(Cl)c1. The van der Waals surface area contributed by atoms with E-state index >= 15 is 0 Å². The summed E-state index contributed by atoms with van der Waals surface area (Å²) in [7, 11) is 0. The number of hydrogen-bond donors (Lipinski definition) is 3. The summed E-state index contributed by atoms with van der Waals surface area (Å²) in [6.07, 6.45) is 0. The van der Waals surface area contributed by atoms with Gasteiger partial charge in [-0.1, -0.05) is 23.2 Å². The summed E-state index contributed by atoms with van der Waals surface area (Å²) in [5.41, 5.74) is 1.24. The molecule has 0 aliphatic carbocycles. The van der Waals surface area contributed by atoms with Crippen LogP contribution in [0, 0.1) is 0 Å². The van der Waals surface area contributed by atoms with E-state index in [1.54, 1.807) is 42.5 Å². The molecule has 0 saturated heterocycles. The Kier molecular flexibility index (Phi) is 4.58. The van der Waals surface area contributed by atoms with E-state index < -0.39 is 0 Å². The van der Waals surface area contributed by atoms with E-state index in [2.05, 4.69) is 23.3 Å². The molecule has 6 heteroatoms. The first-order chi connectivity index (χ1) is 9.04. The highest BCUT2D eigenvalue weighted by atomic mass is 35.5. The Bertz CT molecular complexity index is 602. The molecule has 0 radical (unpaired) electrons. The molecule has 19 heavy (non-hydrogen) atoms. The van der Waals surface area contributed by atoms with Crippen LogP contribution in [-0.4, -0.2) is 6.03 Å². The molecular formula is C13H10Cl2N2OS. The van der Waals surface area contributed by atoms with Crippen LogP contribution in [0.25, 0.3) is 0 Å². The van der Waals surface area contributed by atoms with Crippen molar-refractivity contribution in [2.75, 3.05) is 10.6 Å². The maximum Gasteiger partial charge on any atom is 0.323 e. The number of amides is 2. The van der Waals surface area contributed by atoms with E-state index in [1.165, 1.54) is 0 Å². The molecule has 3 nitrogen and oxygen atoms in total. The molecule has 0 atom stereocenters. The van der Waals surface area contributed by atoms with Gasteiger partial charge in [0.1, 0.15) is 0 Å². The highest BCUT2D eigenvalue weighted by Gasteiger charge is 2.04. The van der Waals surface area contributed by atoms with Gasteiger partial charge in [-0.05, 0) is 42.5 Å². The lowest BCUT2D eigenvalue weighted by molar-refractivity contribution is 0.262. The molecule has 98 valence electrons. The molecular weight excluding hydrogens is 303 g/mol. The summed E-state index contributed by atoms with van der Waals surface area (Å²) in [5, 5.41) is 6.18. The monoisotopic (exact) mass is 312 g/mol. The van der Waals surface area contributed by atoms with Crippen LogP contribution in [0.1, 0.15) is 0 Å². The van der Waals surface area contributed by atoms with E-state index in [0.717, 1.165) is 4.90 Å². The molecule has 0 aromatic heterocycles. The number of nitrogens with one attached hydrogen (secondary N) is 2. The van der Waals surface area contributed by atoms with E-state index in [-0.39, 0.29) is 6.03 Å². The molecule has 2 rings (SSSR count). The van der Waals surface area contributed by atoms with Crippen LogP contribution in [0.3, 0.4) is 0 Å². The van der Waals surface area contributed by atoms with Crippen molar-refractivity contribution in [3.05, 3.63) is 52.5 Å². The average molecular weight is 313 g/mol. The second-order valence-electron chi connectivity index (χ2n) is 3.75. The Morgan fingerprint density at radius 3 is 2.11 bits per heavy atom. The summed E-state index contributed by atoms with van der Waals surface area (Å²) in [6, 6.07) is 11.6. The van der Waals surface area contributed by atoms with Crippen LogP contribution in [0.5, 0.6) is 0 Å². The molecule has 0 bridgehead atoms. The predicted octanol–water partition coefficient (Wildman–Crippen LogP) is 4.93. The number of anilines is 2. The lowest BCUT2D eigenvalue weighted by atomic mass is 10.3. The third kappa shape index (κ3) is 4.06. The first kappa shape index (κ1) is 14.1. The van der Waals surface area contributed by atoms with Crippen LogP contribution < -0.4 is 10.6 Å². The molecule has 0 unspecified atom stereocenters. The molecule has 2 aromatic carbocycles. The Morgan fingerprint density at radius 2 is 1.47 bits per heavy atom. The van der Waals surface area contributed by atoms with Crippen molar-refractivity contribution in [2.24, 2.45) is 0 Å². The second kappa shape index (κ2) is 6.19. The van der Waals surface area contributed by atoms with Gasteiger partial charge in [-0.25, -0.2) is 4.79 Å². The molecule has 0 spiro atoms. The number of rotatable bonds is 2. The van der Waals surface area contributed by atoms with E-state index in [4.69, 9.17) is 23.2 Å². The smallest absolute Gasteiger partial charge is 0.308 e. The average Bonchev–Trinajstić information content (AvgIpc) is 2.37. The topological polar surface area (TPSA) is 41.1 Å². The highest BCUT2D eigenvalue weighted by Crippen LogP contribution is 2.25. The van der Waals surface area contributed by atoms with Crippen molar-refractivity contribution in [1.82, 2.24) is 0 Å². The molecule has 0 heterocycles. The lowest BCUT2D eigenvalue weighted by Crippen LogP contribution is -2.19. The zero-order chi connectivity index (χ0) is 13.8.